The van der Waals surface area contributed by atoms with Crippen LogP contribution in [0.5, 0.6) is 0 Å². The van der Waals surface area contributed by atoms with Crippen molar-refractivity contribution < 1.29 is 9.53 Å². The minimum atomic E-state index is -0.0451. The van der Waals surface area contributed by atoms with Gasteiger partial charge in [-0.2, -0.15) is 0 Å². The fraction of sp³-hybridized carbons (Fsp3) is 0.462. The number of ether oxygens (including phenoxy) is 1. The number of anilines is 1. The molecular weight excluding hydrogens is 296 g/mol. The summed E-state index contributed by atoms with van der Waals surface area (Å²) in [4.78, 5) is 11.6. The van der Waals surface area contributed by atoms with Crippen LogP contribution in [-0.2, 0) is 9.53 Å². The van der Waals surface area contributed by atoms with Gasteiger partial charge in [0.25, 0.3) is 0 Å². The van der Waals surface area contributed by atoms with Crippen LogP contribution < -0.4 is 10.6 Å². The van der Waals surface area contributed by atoms with Crippen LogP contribution in [0.15, 0.2) is 22.7 Å². The third kappa shape index (κ3) is 5.06. The molecule has 0 aliphatic carbocycles. The van der Waals surface area contributed by atoms with E-state index in [1.54, 1.807) is 7.11 Å². The molecule has 0 fully saturated rings. The van der Waals surface area contributed by atoms with E-state index in [0.29, 0.717) is 6.61 Å². The zero-order valence-corrected chi connectivity index (χ0v) is 12.5. The maximum Gasteiger partial charge on any atom is 0.239 e. The van der Waals surface area contributed by atoms with Gasteiger partial charge in [-0.3, -0.25) is 4.79 Å². The number of hydrogen-bond acceptors (Lipinski definition) is 3. The van der Waals surface area contributed by atoms with Crippen LogP contribution in [0, 0.1) is 6.92 Å². The Labute approximate surface area is 116 Å². The zero-order valence-electron chi connectivity index (χ0n) is 10.9. The number of amides is 1. The van der Waals surface area contributed by atoms with Crippen LogP contribution in [-0.4, -0.2) is 32.2 Å². The highest BCUT2D eigenvalue weighted by Crippen LogP contribution is 2.20. The SMILES string of the molecule is COCC(C)NC(=O)CNc1ccc(C)c(Br)c1. The minimum Gasteiger partial charge on any atom is -0.383 e. The maximum absolute atomic E-state index is 11.6. The molecule has 4 nitrogen and oxygen atoms in total. The van der Waals surface area contributed by atoms with Crippen molar-refractivity contribution in [1.29, 1.82) is 0 Å². The Kier molecular flexibility index (Phi) is 6.15. The van der Waals surface area contributed by atoms with Gasteiger partial charge in [0.2, 0.25) is 5.91 Å². The topological polar surface area (TPSA) is 50.4 Å². The highest BCUT2D eigenvalue weighted by atomic mass is 79.9. The van der Waals surface area contributed by atoms with Gasteiger partial charge in [-0.1, -0.05) is 22.0 Å². The van der Waals surface area contributed by atoms with Crippen LogP contribution in [0.25, 0.3) is 0 Å². The second kappa shape index (κ2) is 7.38. The molecule has 0 bridgehead atoms. The van der Waals surface area contributed by atoms with Crippen LogP contribution in [0.2, 0.25) is 0 Å². The number of nitrogens with one attached hydrogen (secondary N) is 2. The van der Waals surface area contributed by atoms with Crippen LogP contribution in [0.1, 0.15) is 12.5 Å². The number of halogens is 1. The van der Waals surface area contributed by atoms with Gasteiger partial charge >= 0.3 is 0 Å². The van der Waals surface area contributed by atoms with Gasteiger partial charge in [0.05, 0.1) is 13.2 Å². The summed E-state index contributed by atoms with van der Waals surface area (Å²) in [5.74, 6) is -0.0451. The van der Waals surface area contributed by atoms with Crippen molar-refractivity contribution in [3.63, 3.8) is 0 Å². The third-order valence-electron chi connectivity index (χ3n) is 2.45. The molecule has 5 heteroatoms. The van der Waals surface area contributed by atoms with Crippen molar-refractivity contribution in [3.8, 4) is 0 Å². The number of aryl methyl sites for hydroxylation is 1. The van der Waals surface area contributed by atoms with E-state index >= 15 is 0 Å². The van der Waals surface area contributed by atoms with Gasteiger partial charge in [0, 0.05) is 23.3 Å². The molecule has 1 aromatic carbocycles. The van der Waals surface area contributed by atoms with Crippen LogP contribution in [0.4, 0.5) is 5.69 Å². The molecule has 0 spiro atoms. The first kappa shape index (κ1) is 15.0. The summed E-state index contributed by atoms with van der Waals surface area (Å²) >= 11 is 3.46. The molecule has 1 atom stereocenters. The Morgan fingerprint density at radius 3 is 2.83 bits per heavy atom. The summed E-state index contributed by atoms with van der Waals surface area (Å²) in [5, 5.41) is 5.92. The van der Waals surface area contributed by atoms with Gasteiger partial charge in [-0.15, -0.1) is 0 Å². The number of methoxy groups -OCH3 is 1. The second-order valence-electron chi connectivity index (χ2n) is 4.24. The molecular formula is C13H19BrN2O2. The first-order valence-electron chi connectivity index (χ1n) is 5.81. The zero-order chi connectivity index (χ0) is 13.5. The lowest BCUT2D eigenvalue weighted by molar-refractivity contribution is -0.120. The Morgan fingerprint density at radius 1 is 1.50 bits per heavy atom. The molecule has 1 rings (SSSR count). The molecule has 1 amide bonds. The number of rotatable bonds is 6. The molecule has 2 N–H and O–H groups in total. The average Bonchev–Trinajstić information content (AvgIpc) is 2.31. The summed E-state index contributed by atoms with van der Waals surface area (Å²) < 4.78 is 5.98. The highest BCUT2D eigenvalue weighted by Gasteiger charge is 2.06. The molecule has 1 aromatic rings. The summed E-state index contributed by atoms with van der Waals surface area (Å²) in [6.45, 7) is 4.70. The summed E-state index contributed by atoms with van der Waals surface area (Å²) in [5.41, 5.74) is 2.08. The molecule has 0 aliphatic heterocycles. The smallest absolute Gasteiger partial charge is 0.239 e. The Bertz CT molecular complexity index is 410. The van der Waals surface area contributed by atoms with E-state index in [0.717, 1.165) is 10.2 Å². The van der Waals surface area contributed by atoms with E-state index in [1.807, 2.05) is 32.0 Å². The normalized spacial score (nSPS) is 12.0. The fourth-order valence-electron chi connectivity index (χ4n) is 1.50. The van der Waals surface area contributed by atoms with Gasteiger partial charge in [-0.25, -0.2) is 0 Å². The van der Waals surface area contributed by atoms with E-state index in [9.17, 15) is 4.79 Å². The number of carbonyl (C=O) groups excluding carboxylic acids is 1. The van der Waals surface area contributed by atoms with E-state index in [1.165, 1.54) is 5.56 Å². The van der Waals surface area contributed by atoms with Crippen LogP contribution in [0.3, 0.4) is 0 Å². The quantitative estimate of drug-likeness (QED) is 0.847. The minimum absolute atomic E-state index is 0.0223. The lowest BCUT2D eigenvalue weighted by Crippen LogP contribution is -2.39. The molecule has 18 heavy (non-hydrogen) atoms. The molecule has 100 valence electrons. The first-order valence-corrected chi connectivity index (χ1v) is 6.60. The highest BCUT2D eigenvalue weighted by molar-refractivity contribution is 9.10. The first-order chi connectivity index (χ1) is 8.52. The average molecular weight is 315 g/mol. The lowest BCUT2D eigenvalue weighted by Gasteiger charge is -2.13. The van der Waals surface area contributed by atoms with Gasteiger partial charge < -0.3 is 15.4 Å². The van der Waals surface area contributed by atoms with E-state index in [-0.39, 0.29) is 18.5 Å². The molecule has 0 aliphatic rings. The largest absolute Gasteiger partial charge is 0.383 e. The van der Waals surface area contributed by atoms with Crippen molar-refractivity contribution in [2.45, 2.75) is 19.9 Å². The van der Waals surface area contributed by atoms with Gasteiger partial charge in [-0.05, 0) is 31.5 Å². The van der Waals surface area contributed by atoms with Crippen LogP contribution >= 0.6 is 15.9 Å². The second-order valence-corrected chi connectivity index (χ2v) is 5.10. The monoisotopic (exact) mass is 314 g/mol. The molecule has 0 heterocycles. The van der Waals surface area contributed by atoms with Gasteiger partial charge in [0.15, 0.2) is 0 Å². The lowest BCUT2D eigenvalue weighted by atomic mass is 10.2. The van der Waals surface area contributed by atoms with Gasteiger partial charge in [0.1, 0.15) is 0 Å². The maximum atomic E-state index is 11.6. The Balaban J connectivity index is 2.40. The molecule has 0 saturated carbocycles. The summed E-state index contributed by atoms with van der Waals surface area (Å²) in [6.07, 6.45) is 0. The Hall–Kier alpha value is -1.07. The van der Waals surface area contributed by atoms with E-state index in [4.69, 9.17) is 4.74 Å². The number of carbonyl (C=O) groups is 1. The predicted molar refractivity (Wildman–Crippen MR) is 76.8 cm³/mol. The molecule has 0 radical (unpaired) electrons. The van der Waals surface area contributed by atoms with E-state index < -0.39 is 0 Å². The summed E-state index contributed by atoms with van der Waals surface area (Å²) in [6, 6.07) is 5.93. The predicted octanol–water partition coefficient (Wildman–Crippen LogP) is 2.32. The van der Waals surface area contributed by atoms with E-state index in [2.05, 4.69) is 26.6 Å². The molecule has 1 unspecified atom stereocenters. The standard InChI is InChI=1S/C13H19BrN2O2/c1-9-4-5-11(6-12(9)14)15-7-13(17)16-10(2)8-18-3/h4-6,10,15H,7-8H2,1-3H3,(H,16,17). The van der Waals surface area contributed by atoms with Crippen molar-refractivity contribution in [1.82, 2.24) is 5.32 Å². The molecule has 0 saturated heterocycles. The Morgan fingerprint density at radius 2 is 2.22 bits per heavy atom. The fourth-order valence-corrected chi connectivity index (χ4v) is 1.88. The van der Waals surface area contributed by atoms with Crippen molar-refractivity contribution >= 4 is 27.5 Å². The number of hydrogen-bond donors (Lipinski definition) is 2. The van der Waals surface area contributed by atoms with Crippen molar-refractivity contribution in [3.05, 3.63) is 28.2 Å². The molecule has 0 aromatic heterocycles. The summed E-state index contributed by atoms with van der Waals surface area (Å²) in [7, 11) is 1.62. The number of benzene rings is 1. The van der Waals surface area contributed by atoms with Crippen molar-refractivity contribution in [2.75, 3.05) is 25.6 Å². The third-order valence-corrected chi connectivity index (χ3v) is 3.30. The van der Waals surface area contributed by atoms with Crippen molar-refractivity contribution in [2.24, 2.45) is 0 Å².